The van der Waals surface area contributed by atoms with Crippen LogP contribution in [0.1, 0.15) is 5.56 Å². The Hall–Kier alpha value is -3.55. The van der Waals surface area contributed by atoms with Gasteiger partial charge in [-0.15, -0.1) is 0 Å². The van der Waals surface area contributed by atoms with E-state index >= 15 is 0 Å². The maximum atomic E-state index is 12.8. The molecule has 28 heavy (non-hydrogen) atoms. The summed E-state index contributed by atoms with van der Waals surface area (Å²) in [5.74, 6) is 0.0889. The number of ether oxygens (including phenoxy) is 3. The molecule has 0 aliphatic carbocycles. The standard InChI is InChI=1S/C20H21FN2O5/c1-26-18-12-14(2-8-17(18)28-13-19(22)24)3-9-20(25)23-10-11-27-16-6-4-15(21)5-7-16/h2-9,12H,10-11,13H2,1H3,(H2,22,24)(H,23,25)/b9-3+. The lowest BCUT2D eigenvalue weighted by Gasteiger charge is -2.10. The first-order chi connectivity index (χ1) is 13.5. The van der Waals surface area contributed by atoms with Gasteiger partial charge in [0.05, 0.1) is 13.7 Å². The molecule has 0 spiro atoms. The van der Waals surface area contributed by atoms with Crippen molar-refractivity contribution in [3.8, 4) is 17.2 Å². The van der Waals surface area contributed by atoms with Gasteiger partial charge in [0.1, 0.15) is 18.2 Å². The van der Waals surface area contributed by atoms with E-state index in [0.717, 1.165) is 0 Å². The molecule has 0 atom stereocenters. The molecule has 2 aromatic rings. The van der Waals surface area contributed by atoms with Crippen molar-refractivity contribution in [3.05, 3.63) is 59.9 Å². The number of hydrogen-bond donors (Lipinski definition) is 2. The first-order valence-corrected chi connectivity index (χ1v) is 8.41. The number of halogens is 1. The second-order valence-corrected chi connectivity index (χ2v) is 5.59. The van der Waals surface area contributed by atoms with Crippen LogP contribution in [0.4, 0.5) is 4.39 Å². The minimum Gasteiger partial charge on any atom is -0.493 e. The van der Waals surface area contributed by atoms with E-state index in [-0.39, 0.29) is 24.9 Å². The Morgan fingerprint density at radius 2 is 1.86 bits per heavy atom. The summed E-state index contributed by atoms with van der Waals surface area (Å²) in [6, 6.07) is 10.6. The zero-order chi connectivity index (χ0) is 20.4. The molecule has 0 aliphatic heterocycles. The SMILES string of the molecule is COc1cc(/C=C/C(=O)NCCOc2ccc(F)cc2)ccc1OCC(N)=O. The highest BCUT2D eigenvalue weighted by atomic mass is 19.1. The minimum atomic E-state index is -0.592. The molecule has 0 unspecified atom stereocenters. The molecule has 0 aliphatic rings. The summed E-state index contributed by atoms with van der Waals surface area (Å²) < 4.78 is 28.6. The Balaban J connectivity index is 1.80. The van der Waals surface area contributed by atoms with Gasteiger partial charge in [-0.1, -0.05) is 6.07 Å². The van der Waals surface area contributed by atoms with E-state index in [2.05, 4.69) is 5.32 Å². The van der Waals surface area contributed by atoms with E-state index in [1.54, 1.807) is 24.3 Å². The average Bonchev–Trinajstić information content (AvgIpc) is 2.69. The third kappa shape index (κ3) is 6.99. The number of amides is 2. The monoisotopic (exact) mass is 388 g/mol. The van der Waals surface area contributed by atoms with E-state index < -0.39 is 5.91 Å². The predicted molar refractivity (Wildman–Crippen MR) is 102 cm³/mol. The summed E-state index contributed by atoms with van der Waals surface area (Å²) in [5, 5.41) is 2.68. The molecule has 8 heteroatoms. The first kappa shape index (κ1) is 20.8. The highest BCUT2D eigenvalue weighted by Gasteiger charge is 2.06. The summed E-state index contributed by atoms with van der Waals surface area (Å²) in [7, 11) is 1.47. The number of nitrogens with two attached hydrogens (primary N) is 1. The van der Waals surface area contributed by atoms with Gasteiger partial charge in [0, 0.05) is 6.08 Å². The van der Waals surface area contributed by atoms with E-state index in [1.165, 1.54) is 37.5 Å². The summed E-state index contributed by atoms with van der Waals surface area (Å²) in [5.41, 5.74) is 5.76. The zero-order valence-corrected chi connectivity index (χ0v) is 15.3. The smallest absolute Gasteiger partial charge is 0.255 e. The Kier molecular flexibility index (Phi) is 7.83. The van der Waals surface area contributed by atoms with Gasteiger partial charge in [-0.25, -0.2) is 4.39 Å². The maximum Gasteiger partial charge on any atom is 0.255 e. The van der Waals surface area contributed by atoms with Crippen molar-refractivity contribution >= 4 is 17.9 Å². The van der Waals surface area contributed by atoms with Crippen LogP contribution in [0.15, 0.2) is 48.5 Å². The number of carbonyl (C=O) groups is 2. The molecule has 7 nitrogen and oxygen atoms in total. The second-order valence-electron chi connectivity index (χ2n) is 5.59. The molecule has 148 valence electrons. The molecule has 0 radical (unpaired) electrons. The molecule has 0 saturated heterocycles. The fraction of sp³-hybridized carbons (Fsp3) is 0.200. The lowest BCUT2D eigenvalue weighted by Crippen LogP contribution is -2.26. The molecular formula is C20H21FN2O5. The van der Waals surface area contributed by atoms with Crippen LogP contribution < -0.4 is 25.3 Å². The van der Waals surface area contributed by atoms with Crippen LogP contribution >= 0.6 is 0 Å². The summed E-state index contributed by atoms with van der Waals surface area (Å²) in [4.78, 5) is 22.7. The molecule has 0 bridgehead atoms. The summed E-state index contributed by atoms with van der Waals surface area (Å²) in [6.45, 7) is 0.294. The molecule has 3 N–H and O–H groups in total. The van der Waals surface area contributed by atoms with Crippen LogP contribution in [-0.2, 0) is 9.59 Å². The zero-order valence-electron chi connectivity index (χ0n) is 15.3. The Morgan fingerprint density at radius 3 is 2.54 bits per heavy atom. The van der Waals surface area contributed by atoms with Crippen LogP contribution in [0.2, 0.25) is 0 Å². The van der Waals surface area contributed by atoms with Crippen molar-refractivity contribution in [2.75, 3.05) is 26.9 Å². The molecule has 0 aromatic heterocycles. The van der Waals surface area contributed by atoms with Crippen LogP contribution in [0, 0.1) is 5.82 Å². The van der Waals surface area contributed by atoms with E-state index in [9.17, 15) is 14.0 Å². The van der Waals surface area contributed by atoms with Crippen LogP contribution in [0.5, 0.6) is 17.2 Å². The van der Waals surface area contributed by atoms with Gasteiger partial charge in [0.25, 0.3) is 5.91 Å². The summed E-state index contributed by atoms with van der Waals surface area (Å²) in [6.07, 6.45) is 2.98. The fourth-order valence-corrected chi connectivity index (χ4v) is 2.16. The van der Waals surface area contributed by atoms with E-state index in [0.29, 0.717) is 29.4 Å². The average molecular weight is 388 g/mol. The molecule has 2 rings (SSSR count). The number of carbonyl (C=O) groups excluding carboxylic acids is 2. The lowest BCUT2D eigenvalue weighted by atomic mass is 10.2. The number of primary amides is 1. The molecule has 2 aromatic carbocycles. The van der Waals surface area contributed by atoms with Crippen LogP contribution in [0.25, 0.3) is 6.08 Å². The molecule has 2 amide bonds. The van der Waals surface area contributed by atoms with Crippen LogP contribution in [0.3, 0.4) is 0 Å². The molecular weight excluding hydrogens is 367 g/mol. The molecule has 0 saturated carbocycles. The highest BCUT2D eigenvalue weighted by Crippen LogP contribution is 2.28. The topological polar surface area (TPSA) is 99.9 Å². The normalized spacial score (nSPS) is 10.5. The van der Waals surface area contributed by atoms with Gasteiger partial charge in [-0.2, -0.15) is 0 Å². The molecule has 0 fully saturated rings. The van der Waals surface area contributed by atoms with Crippen molar-refractivity contribution in [1.29, 1.82) is 0 Å². The van der Waals surface area contributed by atoms with Gasteiger partial charge in [-0.05, 0) is 48.0 Å². The number of benzene rings is 2. The quantitative estimate of drug-likeness (QED) is 0.478. The van der Waals surface area contributed by atoms with Crippen molar-refractivity contribution < 1.29 is 28.2 Å². The van der Waals surface area contributed by atoms with Gasteiger partial charge >= 0.3 is 0 Å². The Bertz CT molecular complexity index is 837. The largest absolute Gasteiger partial charge is 0.493 e. The van der Waals surface area contributed by atoms with Gasteiger partial charge in [0.15, 0.2) is 18.1 Å². The van der Waals surface area contributed by atoms with Gasteiger partial charge < -0.3 is 25.3 Å². The third-order valence-electron chi connectivity index (χ3n) is 3.47. The number of hydrogen-bond acceptors (Lipinski definition) is 5. The Labute approximate surface area is 161 Å². The van der Waals surface area contributed by atoms with Crippen molar-refractivity contribution in [3.63, 3.8) is 0 Å². The summed E-state index contributed by atoms with van der Waals surface area (Å²) >= 11 is 0. The van der Waals surface area contributed by atoms with Crippen molar-refractivity contribution in [1.82, 2.24) is 5.32 Å². The van der Waals surface area contributed by atoms with Crippen LogP contribution in [-0.4, -0.2) is 38.7 Å². The first-order valence-electron chi connectivity index (χ1n) is 8.41. The number of nitrogens with one attached hydrogen (secondary N) is 1. The van der Waals surface area contributed by atoms with Gasteiger partial charge in [-0.3, -0.25) is 9.59 Å². The third-order valence-corrected chi connectivity index (χ3v) is 3.47. The molecule has 0 heterocycles. The van der Waals surface area contributed by atoms with E-state index in [4.69, 9.17) is 19.9 Å². The highest BCUT2D eigenvalue weighted by molar-refractivity contribution is 5.91. The number of methoxy groups -OCH3 is 1. The van der Waals surface area contributed by atoms with E-state index in [1.807, 2.05) is 0 Å². The maximum absolute atomic E-state index is 12.8. The second kappa shape index (κ2) is 10.6. The lowest BCUT2D eigenvalue weighted by molar-refractivity contribution is -0.120. The van der Waals surface area contributed by atoms with Gasteiger partial charge in [0.2, 0.25) is 5.91 Å². The fourth-order valence-electron chi connectivity index (χ4n) is 2.16. The Morgan fingerprint density at radius 1 is 1.11 bits per heavy atom. The minimum absolute atomic E-state index is 0.255. The number of rotatable bonds is 10. The van der Waals surface area contributed by atoms with Crippen molar-refractivity contribution in [2.45, 2.75) is 0 Å². The van der Waals surface area contributed by atoms with Crippen molar-refractivity contribution in [2.24, 2.45) is 5.73 Å². The predicted octanol–water partition coefficient (Wildman–Crippen LogP) is 1.91.